The van der Waals surface area contributed by atoms with Gasteiger partial charge in [-0.1, -0.05) is 19.1 Å². The molecule has 0 saturated carbocycles. The standard InChI is InChI=1S/C23H21N3O2S/c1-2-15-5-6-20-18(10-15)22(27)17(14-28-20)13-26-8-7-19-16(12-26)11-24-23(25-19)21-4-3-9-29-21/h3-6,9-11,14H,2,7-8,12-13H2,1H3. The molecule has 0 fully saturated rings. The predicted octanol–water partition coefficient (Wildman–Crippen LogP) is 4.43. The molecule has 4 aromatic rings. The molecule has 0 bridgehead atoms. The van der Waals surface area contributed by atoms with E-state index in [1.54, 1.807) is 17.6 Å². The predicted molar refractivity (Wildman–Crippen MR) is 115 cm³/mol. The lowest BCUT2D eigenvalue weighted by molar-refractivity contribution is 0.240. The summed E-state index contributed by atoms with van der Waals surface area (Å²) in [6.45, 7) is 4.26. The van der Waals surface area contributed by atoms with E-state index in [1.807, 2.05) is 41.9 Å². The van der Waals surface area contributed by atoms with Gasteiger partial charge in [0.2, 0.25) is 0 Å². The van der Waals surface area contributed by atoms with Gasteiger partial charge in [0, 0.05) is 43.4 Å². The number of hydrogen-bond donors (Lipinski definition) is 0. The smallest absolute Gasteiger partial charge is 0.197 e. The Kier molecular flexibility index (Phi) is 4.73. The first-order valence-corrected chi connectivity index (χ1v) is 10.7. The maximum atomic E-state index is 13.0. The molecule has 0 aliphatic carbocycles. The van der Waals surface area contributed by atoms with E-state index in [-0.39, 0.29) is 5.43 Å². The van der Waals surface area contributed by atoms with Gasteiger partial charge in [-0.3, -0.25) is 9.69 Å². The van der Waals surface area contributed by atoms with Crippen LogP contribution in [-0.2, 0) is 25.9 Å². The van der Waals surface area contributed by atoms with Crippen LogP contribution >= 0.6 is 11.3 Å². The largest absolute Gasteiger partial charge is 0.464 e. The summed E-state index contributed by atoms with van der Waals surface area (Å²) < 4.78 is 5.74. The van der Waals surface area contributed by atoms with Gasteiger partial charge in [-0.2, -0.15) is 0 Å². The summed E-state index contributed by atoms with van der Waals surface area (Å²) in [5.41, 5.74) is 4.80. The molecular weight excluding hydrogens is 382 g/mol. The van der Waals surface area contributed by atoms with E-state index in [9.17, 15) is 4.79 Å². The molecule has 1 aromatic carbocycles. The minimum absolute atomic E-state index is 0.0663. The monoisotopic (exact) mass is 403 g/mol. The molecule has 5 nitrogen and oxygen atoms in total. The fraction of sp³-hybridized carbons (Fsp3) is 0.261. The van der Waals surface area contributed by atoms with E-state index < -0.39 is 0 Å². The van der Waals surface area contributed by atoms with Crippen molar-refractivity contribution in [2.24, 2.45) is 0 Å². The van der Waals surface area contributed by atoms with Crippen molar-refractivity contribution >= 4 is 22.3 Å². The van der Waals surface area contributed by atoms with Crippen molar-refractivity contribution in [2.75, 3.05) is 6.54 Å². The Morgan fingerprint density at radius 3 is 3.03 bits per heavy atom. The Morgan fingerprint density at radius 2 is 2.21 bits per heavy atom. The summed E-state index contributed by atoms with van der Waals surface area (Å²) in [7, 11) is 0. The lowest BCUT2D eigenvalue weighted by Gasteiger charge is -2.27. The van der Waals surface area contributed by atoms with Crippen LogP contribution in [0.1, 0.15) is 29.3 Å². The Labute approximate surface area is 172 Å². The van der Waals surface area contributed by atoms with Gasteiger partial charge >= 0.3 is 0 Å². The molecule has 0 radical (unpaired) electrons. The van der Waals surface area contributed by atoms with E-state index in [0.717, 1.165) is 53.5 Å². The average Bonchev–Trinajstić information content (AvgIpc) is 3.30. The van der Waals surface area contributed by atoms with Gasteiger partial charge in [0.25, 0.3) is 0 Å². The molecule has 146 valence electrons. The second-order valence-electron chi connectivity index (χ2n) is 7.38. The first kappa shape index (κ1) is 18.2. The normalized spacial score (nSPS) is 14.2. The van der Waals surface area contributed by atoms with Crippen LogP contribution in [0.5, 0.6) is 0 Å². The third-order valence-electron chi connectivity index (χ3n) is 5.47. The van der Waals surface area contributed by atoms with Crippen molar-refractivity contribution in [1.29, 1.82) is 0 Å². The van der Waals surface area contributed by atoms with Gasteiger partial charge in [-0.15, -0.1) is 11.3 Å². The van der Waals surface area contributed by atoms with Gasteiger partial charge in [0.15, 0.2) is 11.3 Å². The fourth-order valence-electron chi connectivity index (χ4n) is 3.82. The van der Waals surface area contributed by atoms with Crippen LogP contribution in [0.15, 0.2) is 57.4 Å². The molecule has 0 spiro atoms. The Balaban J connectivity index is 1.39. The van der Waals surface area contributed by atoms with E-state index in [2.05, 4.69) is 16.8 Å². The SMILES string of the molecule is CCc1ccc2occ(CN3CCc4nc(-c5cccs5)ncc4C3)c(=O)c2c1. The maximum Gasteiger partial charge on any atom is 0.197 e. The molecule has 0 amide bonds. The molecule has 4 heterocycles. The zero-order valence-electron chi connectivity index (χ0n) is 16.2. The van der Waals surface area contributed by atoms with Gasteiger partial charge in [-0.25, -0.2) is 9.97 Å². The summed E-state index contributed by atoms with van der Waals surface area (Å²) in [6, 6.07) is 9.92. The van der Waals surface area contributed by atoms with E-state index in [1.165, 1.54) is 0 Å². The number of aryl methyl sites for hydroxylation is 1. The number of thiophene rings is 1. The first-order valence-electron chi connectivity index (χ1n) is 9.85. The maximum absolute atomic E-state index is 13.0. The molecule has 0 saturated heterocycles. The van der Waals surface area contributed by atoms with Gasteiger partial charge in [-0.05, 0) is 35.6 Å². The van der Waals surface area contributed by atoms with Crippen molar-refractivity contribution in [3.63, 3.8) is 0 Å². The highest BCUT2D eigenvalue weighted by Crippen LogP contribution is 2.25. The van der Waals surface area contributed by atoms with Crippen LogP contribution < -0.4 is 5.43 Å². The summed E-state index contributed by atoms with van der Waals surface area (Å²) >= 11 is 1.65. The van der Waals surface area contributed by atoms with Crippen molar-refractivity contribution in [2.45, 2.75) is 32.9 Å². The first-order chi connectivity index (χ1) is 14.2. The molecule has 29 heavy (non-hydrogen) atoms. The molecule has 3 aromatic heterocycles. The second-order valence-corrected chi connectivity index (χ2v) is 8.33. The number of fused-ring (bicyclic) bond motifs is 2. The molecule has 0 N–H and O–H groups in total. The highest BCUT2D eigenvalue weighted by molar-refractivity contribution is 7.13. The fourth-order valence-corrected chi connectivity index (χ4v) is 4.49. The molecule has 1 aliphatic heterocycles. The second kappa shape index (κ2) is 7.54. The highest BCUT2D eigenvalue weighted by Gasteiger charge is 2.20. The minimum atomic E-state index is 0.0663. The third kappa shape index (κ3) is 3.50. The highest BCUT2D eigenvalue weighted by atomic mass is 32.1. The third-order valence-corrected chi connectivity index (χ3v) is 6.33. The molecular formula is C23H21N3O2S. The van der Waals surface area contributed by atoms with Crippen molar-refractivity contribution < 1.29 is 4.42 Å². The summed E-state index contributed by atoms with van der Waals surface area (Å²) in [5, 5.41) is 2.71. The van der Waals surface area contributed by atoms with Gasteiger partial charge in [0.1, 0.15) is 5.58 Å². The van der Waals surface area contributed by atoms with Crippen LogP contribution in [-0.4, -0.2) is 21.4 Å². The number of aromatic nitrogens is 2. The van der Waals surface area contributed by atoms with Gasteiger partial charge < -0.3 is 4.42 Å². The van der Waals surface area contributed by atoms with Crippen LogP contribution in [0.25, 0.3) is 21.7 Å². The Hall–Kier alpha value is -2.83. The Bertz CT molecular complexity index is 1230. The van der Waals surface area contributed by atoms with E-state index >= 15 is 0 Å². The van der Waals surface area contributed by atoms with E-state index in [0.29, 0.717) is 23.1 Å². The van der Waals surface area contributed by atoms with Crippen LogP contribution in [0.3, 0.4) is 0 Å². The van der Waals surface area contributed by atoms with Crippen molar-refractivity contribution in [3.8, 4) is 10.7 Å². The van der Waals surface area contributed by atoms with E-state index in [4.69, 9.17) is 9.40 Å². The number of hydrogen-bond acceptors (Lipinski definition) is 6. The lowest BCUT2D eigenvalue weighted by Crippen LogP contribution is -2.32. The molecule has 1 aliphatic rings. The van der Waals surface area contributed by atoms with Crippen LogP contribution in [0.4, 0.5) is 0 Å². The number of nitrogens with zero attached hydrogens (tertiary/aromatic N) is 3. The average molecular weight is 404 g/mol. The summed E-state index contributed by atoms with van der Waals surface area (Å²) in [6.07, 6.45) is 5.30. The lowest BCUT2D eigenvalue weighted by atomic mass is 10.1. The summed E-state index contributed by atoms with van der Waals surface area (Å²) in [4.78, 5) is 25.6. The van der Waals surface area contributed by atoms with Crippen LogP contribution in [0, 0.1) is 0 Å². The molecule has 0 atom stereocenters. The summed E-state index contributed by atoms with van der Waals surface area (Å²) in [5.74, 6) is 0.800. The number of benzene rings is 1. The quantitative estimate of drug-likeness (QED) is 0.504. The zero-order valence-corrected chi connectivity index (χ0v) is 17.0. The van der Waals surface area contributed by atoms with Crippen LogP contribution in [0.2, 0.25) is 0 Å². The molecule has 0 unspecified atom stereocenters. The molecule has 6 heteroatoms. The molecule has 5 rings (SSSR count). The van der Waals surface area contributed by atoms with Gasteiger partial charge in [0.05, 0.1) is 22.2 Å². The topological polar surface area (TPSA) is 59.2 Å². The zero-order chi connectivity index (χ0) is 19.8. The van der Waals surface area contributed by atoms with Crippen molar-refractivity contribution in [1.82, 2.24) is 14.9 Å². The minimum Gasteiger partial charge on any atom is -0.464 e. The Morgan fingerprint density at radius 1 is 1.28 bits per heavy atom. The number of rotatable bonds is 4. The van der Waals surface area contributed by atoms with Crippen molar-refractivity contribution in [3.05, 3.63) is 80.8 Å².